The van der Waals surface area contributed by atoms with E-state index in [1.165, 1.54) is 11.8 Å². The summed E-state index contributed by atoms with van der Waals surface area (Å²) in [7, 11) is 0. The van der Waals surface area contributed by atoms with E-state index in [9.17, 15) is 4.79 Å². The molecule has 0 aliphatic carbocycles. The fourth-order valence-corrected chi connectivity index (χ4v) is 3.36. The van der Waals surface area contributed by atoms with Crippen LogP contribution in [0.15, 0.2) is 27.6 Å². The molecule has 0 amide bonds. The lowest BCUT2D eigenvalue weighted by Gasteiger charge is -2.22. The molecule has 0 bridgehead atoms. The van der Waals surface area contributed by atoms with E-state index >= 15 is 0 Å². The molecule has 20 heavy (non-hydrogen) atoms. The Bertz CT molecular complexity index is 458. The summed E-state index contributed by atoms with van der Waals surface area (Å²) in [5.74, 6) is 0.168. The van der Waals surface area contributed by atoms with Crippen LogP contribution in [0, 0.1) is 6.92 Å². The van der Waals surface area contributed by atoms with Gasteiger partial charge in [0.15, 0.2) is 0 Å². The summed E-state index contributed by atoms with van der Waals surface area (Å²) < 4.78 is 11.9. The maximum atomic E-state index is 11.7. The number of ether oxygens (including phenoxy) is 2. The molecule has 0 saturated carbocycles. The van der Waals surface area contributed by atoms with Gasteiger partial charge in [-0.2, -0.15) is 0 Å². The van der Waals surface area contributed by atoms with Crippen molar-refractivity contribution in [2.24, 2.45) is 0 Å². The number of benzene rings is 1. The largest absolute Gasteiger partial charge is 0.462 e. The third kappa shape index (κ3) is 5.11. The van der Waals surface area contributed by atoms with Gasteiger partial charge in [0.05, 0.1) is 11.9 Å². The Morgan fingerprint density at radius 1 is 1.50 bits per heavy atom. The molecule has 3 nitrogen and oxygen atoms in total. The number of halogens is 1. The Balaban J connectivity index is 1.71. The molecule has 1 aliphatic rings. The average Bonchev–Trinajstić information content (AvgIpc) is 2.45. The van der Waals surface area contributed by atoms with Gasteiger partial charge < -0.3 is 9.47 Å². The Morgan fingerprint density at radius 3 is 3.05 bits per heavy atom. The van der Waals surface area contributed by atoms with Crippen molar-refractivity contribution in [1.82, 2.24) is 0 Å². The van der Waals surface area contributed by atoms with Gasteiger partial charge in [0.25, 0.3) is 0 Å². The molecule has 0 spiro atoms. The molecule has 0 radical (unpaired) electrons. The van der Waals surface area contributed by atoms with Crippen LogP contribution in [0.5, 0.6) is 0 Å². The standard InChI is InChI=1S/C15H19BrO3S/c1-11-8-12(16)5-6-14(11)20-10-15(17)19-9-13-4-2-3-7-18-13/h5-6,8,13H,2-4,7,9-10H2,1H3. The molecular weight excluding hydrogens is 340 g/mol. The molecular formula is C15H19BrO3S. The first-order chi connectivity index (χ1) is 9.65. The van der Waals surface area contributed by atoms with Crippen LogP contribution in [0.25, 0.3) is 0 Å². The summed E-state index contributed by atoms with van der Waals surface area (Å²) >= 11 is 4.94. The van der Waals surface area contributed by atoms with Crippen LogP contribution in [-0.4, -0.2) is 31.0 Å². The highest BCUT2D eigenvalue weighted by molar-refractivity contribution is 9.10. The summed E-state index contributed by atoms with van der Waals surface area (Å²) in [5.41, 5.74) is 1.16. The maximum absolute atomic E-state index is 11.7. The molecule has 5 heteroatoms. The van der Waals surface area contributed by atoms with Crippen LogP contribution in [0.1, 0.15) is 24.8 Å². The highest BCUT2D eigenvalue weighted by atomic mass is 79.9. The molecule has 0 aromatic heterocycles. The van der Waals surface area contributed by atoms with Crippen LogP contribution in [0.3, 0.4) is 0 Å². The van der Waals surface area contributed by atoms with E-state index in [0.29, 0.717) is 12.4 Å². The number of carbonyl (C=O) groups is 1. The van der Waals surface area contributed by atoms with E-state index < -0.39 is 0 Å². The number of hydrogen-bond donors (Lipinski definition) is 0. The van der Waals surface area contributed by atoms with Crippen molar-refractivity contribution in [2.75, 3.05) is 19.0 Å². The minimum absolute atomic E-state index is 0.0899. The molecule has 2 rings (SSSR count). The van der Waals surface area contributed by atoms with Gasteiger partial charge in [-0.05, 0) is 49.9 Å². The van der Waals surface area contributed by atoms with Crippen LogP contribution in [0.4, 0.5) is 0 Å². The summed E-state index contributed by atoms with van der Waals surface area (Å²) in [4.78, 5) is 12.8. The second kappa shape index (κ2) is 8.05. The molecule has 1 aliphatic heterocycles. The van der Waals surface area contributed by atoms with Crippen LogP contribution in [-0.2, 0) is 14.3 Å². The zero-order chi connectivity index (χ0) is 14.4. The zero-order valence-electron chi connectivity index (χ0n) is 11.6. The van der Waals surface area contributed by atoms with E-state index in [1.54, 1.807) is 0 Å². The Hall–Kier alpha value is -0.520. The van der Waals surface area contributed by atoms with E-state index in [2.05, 4.69) is 15.9 Å². The quantitative estimate of drug-likeness (QED) is 0.589. The van der Waals surface area contributed by atoms with E-state index in [0.717, 1.165) is 40.8 Å². The SMILES string of the molecule is Cc1cc(Br)ccc1SCC(=O)OCC1CCCCO1. The third-order valence-corrected chi connectivity index (χ3v) is 4.83. The summed E-state index contributed by atoms with van der Waals surface area (Å²) in [6.45, 7) is 3.21. The Kier molecular flexibility index (Phi) is 6.39. The number of esters is 1. The predicted octanol–water partition coefficient (Wildman–Crippen LogP) is 3.96. The van der Waals surface area contributed by atoms with Crippen LogP contribution in [0.2, 0.25) is 0 Å². The van der Waals surface area contributed by atoms with Crippen LogP contribution < -0.4 is 0 Å². The van der Waals surface area contributed by atoms with Crippen molar-refractivity contribution in [1.29, 1.82) is 0 Å². The minimum atomic E-state index is -0.175. The maximum Gasteiger partial charge on any atom is 0.316 e. The molecule has 0 N–H and O–H groups in total. The number of aryl methyl sites for hydroxylation is 1. The molecule has 1 aromatic carbocycles. The van der Waals surface area contributed by atoms with Crippen LogP contribution >= 0.6 is 27.7 Å². The predicted molar refractivity (Wildman–Crippen MR) is 84.2 cm³/mol. The average molecular weight is 359 g/mol. The summed E-state index contributed by atoms with van der Waals surface area (Å²) in [6, 6.07) is 6.04. The lowest BCUT2D eigenvalue weighted by Crippen LogP contribution is -2.26. The zero-order valence-corrected chi connectivity index (χ0v) is 14.0. The van der Waals surface area contributed by atoms with Gasteiger partial charge in [-0.25, -0.2) is 0 Å². The monoisotopic (exact) mass is 358 g/mol. The first-order valence-corrected chi connectivity index (χ1v) is 8.59. The first kappa shape index (κ1) is 15.9. The molecule has 110 valence electrons. The normalized spacial score (nSPS) is 18.8. The van der Waals surface area contributed by atoms with Crippen molar-refractivity contribution < 1.29 is 14.3 Å². The lowest BCUT2D eigenvalue weighted by molar-refractivity contribution is -0.145. The van der Waals surface area contributed by atoms with E-state index in [4.69, 9.17) is 9.47 Å². The van der Waals surface area contributed by atoms with E-state index in [1.807, 2.05) is 25.1 Å². The van der Waals surface area contributed by atoms with Crippen molar-refractivity contribution >= 4 is 33.7 Å². The number of thioether (sulfide) groups is 1. The first-order valence-electron chi connectivity index (χ1n) is 6.81. The number of rotatable bonds is 5. The van der Waals surface area contributed by atoms with E-state index in [-0.39, 0.29) is 12.1 Å². The highest BCUT2D eigenvalue weighted by Gasteiger charge is 2.16. The van der Waals surface area contributed by atoms with Gasteiger partial charge >= 0.3 is 5.97 Å². The molecule has 1 heterocycles. The molecule has 1 atom stereocenters. The second-order valence-corrected chi connectivity index (χ2v) is 6.80. The Labute approximate surface area is 132 Å². The van der Waals surface area contributed by atoms with Crippen molar-refractivity contribution in [3.63, 3.8) is 0 Å². The fourth-order valence-electron chi connectivity index (χ4n) is 2.08. The van der Waals surface area contributed by atoms with Gasteiger partial charge in [0, 0.05) is 16.0 Å². The van der Waals surface area contributed by atoms with Crippen molar-refractivity contribution in [2.45, 2.75) is 37.2 Å². The molecule has 1 fully saturated rings. The molecule has 1 aromatic rings. The Morgan fingerprint density at radius 2 is 2.35 bits per heavy atom. The van der Waals surface area contributed by atoms with Gasteiger partial charge in [-0.1, -0.05) is 15.9 Å². The molecule has 1 saturated heterocycles. The number of carbonyl (C=O) groups excluding carboxylic acids is 1. The molecule has 1 unspecified atom stereocenters. The third-order valence-electron chi connectivity index (χ3n) is 3.19. The summed E-state index contributed by atoms with van der Waals surface area (Å²) in [5, 5.41) is 0. The van der Waals surface area contributed by atoms with Crippen molar-refractivity contribution in [3.8, 4) is 0 Å². The van der Waals surface area contributed by atoms with Gasteiger partial charge in [-0.15, -0.1) is 11.8 Å². The smallest absolute Gasteiger partial charge is 0.316 e. The number of hydrogen-bond acceptors (Lipinski definition) is 4. The van der Waals surface area contributed by atoms with Gasteiger partial charge in [-0.3, -0.25) is 4.79 Å². The fraction of sp³-hybridized carbons (Fsp3) is 0.533. The minimum Gasteiger partial charge on any atom is -0.462 e. The van der Waals surface area contributed by atoms with Gasteiger partial charge in [0.1, 0.15) is 6.61 Å². The van der Waals surface area contributed by atoms with Gasteiger partial charge in [0.2, 0.25) is 0 Å². The highest BCUT2D eigenvalue weighted by Crippen LogP contribution is 2.25. The lowest BCUT2D eigenvalue weighted by atomic mass is 10.1. The second-order valence-electron chi connectivity index (χ2n) is 4.87. The summed E-state index contributed by atoms with van der Waals surface area (Å²) in [6.07, 6.45) is 3.36. The topological polar surface area (TPSA) is 35.5 Å². The van der Waals surface area contributed by atoms with Crippen molar-refractivity contribution in [3.05, 3.63) is 28.2 Å².